The van der Waals surface area contributed by atoms with Crippen LogP contribution in [-0.4, -0.2) is 102 Å². The van der Waals surface area contributed by atoms with Crippen LogP contribution in [0.3, 0.4) is 0 Å². The highest BCUT2D eigenvalue weighted by Gasteiger charge is 2.80. The van der Waals surface area contributed by atoms with E-state index in [0.29, 0.717) is 53.8 Å². The maximum absolute atomic E-state index is 12.3. The fourth-order valence-corrected chi connectivity index (χ4v) is 13.2. The van der Waals surface area contributed by atoms with Crippen molar-refractivity contribution in [2.24, 2.45) is 45.3 Å². The number of rotatable bonds is 5. The highest BCUT2D eigenvalue weighted by atomic mass is 16.7. The van der Waals surface area contributed by atoms with Gasteiger partial charge in [0.15, 0.2) is 6.29 Å². The van der Waals surface area contributed by atoms with E-state index in [1.165, 1.54) is 38.5 Å². The summed E-state index contributed by atoms with van der Waals surface area (Å²) in [6.07, 6.45) is 11.9. The number of cyclic esters (lactones) is 1. The van der Waals surface area contributed by atoms with E-state index in [-0.39, 0.29) is 42.0 Å². The molecule has 46 heavy (non-hydrogen) atoms. The standard InChI is InChI=1S/C36H57NO7.CH4O/c1-32(2)27-9-7-21-23-18-26-22(6-8-25(43-26)30(38)33(3,4)40)34(23,5)13-14-35(21)20-36(27,35)12-10-28(32)44-29-19-37(15-17-41-29)24-11-16-42-31(24)39;1-2/h21-30,38,40H,6-20H2,1-5H3;2H,1H3/t21?,22?,23?,24-,25?,26?,27?,28-,29?,30-,34?,35-,36?;/m0./s1. The summed E-state index contributed by atoms with van der Waals surface area (Å²) in [7, 11) is 1.00. The molecule has 0 aromatic rings. The molecule has 9 nitrogen and oxygen atoms in total. The third-order valence-corrected chi connectivity index (χ3v) is 15.4. The van der Waals surface area contributed by atoms with Gasteiger partial charge in [-0.1, -0.05) is 20.8 Å². The summed E-state index contributed by atoms with van der Waals surface area (Å²) in [4.78, 5) is 14.5. The number of morpholine rings is 1. The molecule has 8 aliphatic rings. The number of fused-ring (bicyclic) bond motifs is 4. The van der Waals surface area contributed by atoms with Gasteiger partial charge in [-0.15, -0.1) is 0 Å². The van der Waals surface area contributed by atoms with Crippen molar-refractivity contribution in [3.63, 3.8) is 0 Å². The Kier molecular flexibility index (Phi) is 8.51. The number of carbonyl (C=O) groups excluding carboxylic acids is 1. The number of ether oxygens (including phenoxy) is 4. The van der Waals surface area contributed by atoms with Crippen LogP contribution in [0.1, 0.15) is 105 Å². The Labute approximate surface area is 276 Å². The van der Waals surface area contributed by atoms with Gasteiger partial charge in [0.1, 0.15) is 12.1 Å². The molecule has 0 aromatic carbocycles. The molecule has 2 spiro atoms. The van der Waals surface area contributed by atoms with E-state index < -0.39 is 11.7 Å². The third-order valence-electron chi connectivity index (χ3n) is 15.4. The number of aliphatic hydroxyl groups is 3. The Hall–Kier alpha value is -0.810. The molecule has 0 bridgehead atoms. The monoisotopic (exact) mass is 647 g/mol. The second-order valence-corrected chi connectivity index (χ2v) is 17.8. The summed E-state index contributed by atoms with van der Waals surface area (Å²) in [5.74, 6) is 2.63. The smallest absolute Gasteiger partial charge is 0.323 e. The Balaban J connectivity index is 0.00000166. The predicted octanol–water partition coefficient (Wildman–Crippen LogP) is 4.29. The zero-order valence-corrected chi connectivity index (χ0v) is 29.2. The summed E-state index contributed by atoms with van der Waals surface area (Å²) in [6, 6.07) is -0.145. The van der Waals surface area contributed by atoms with Crippen molar-refractivity contribution in [1.82, 2.24) is 4.90 Å². The van der Waals surface area contributed by atoms with Crippen molar-refractivity contribution in [2.45, 2.75) is 148 Å². The molecule has 3 N–H and O–H groups in total. The molecule has 262 valence electrons. The fraction of sp³-hybridized carbons (Fsp3) is 0.973. The maximum Gasteiger partial charge on any atom is 0.323 e. The molecule has 3 aliphatic heterocycles. The van der Waals surface area contributed by atoms with E-state index in [0.717, 1.165) is 51.7 Å². The topological polar surface area (TPSA) is 118 Å². The molecule has 8 rings (SSSR count). The van der Waals surface area contributed by atoms with E-state index in [2.05, 4.69) is 25.7 Å². The Morgan fingerprint density at radius 3 is 2.41 bits per heavy atom. The number of carbonyl (C=O) groups is 1. The van der Waals surface area contributed by atoms with Crippen molar-refractivity contribution < 1.29 is 39.1 Å². The minimum Gasteiger partial charge on any atom is -0.464 e. The first kappa shape index (κ1) is 33.7. The normalized spacial score (nSPS) is 50.0. The SMILES string of the molecule is CC12CC[C@@]34CC35CC[C@H](OC3CN([C@H]6CCOC6=O)CCO3)C(C)(C)C5CCC4C1CC1OC([C@H](O)C(C)(C)O)CCC12.CO. The summed E-state index contributed by atoms with van der Waals surface area (Å²) in [5, 5.41) is 28.3. The fourth-order valence-electron chi connectivity index (χ4n) is 13.2. The first-order chi connectivity index (χ1) is 21.8. The molecule has 0 radical (unpaired) electrons. The quantitative estimate of drug-likeness (QED) is 0.376. The largest absolute Gasteiger partial charge is 0.464 e. The lowest BCUT2D eigenvalue weighted by Crippen LogP contribution is -2.57. The highest BCUT2D eigenvalue weighted by Crippen LogP contribution is 2.87. The van der Waals surface area contributed by atoms with Gasteiger partial charge in [-0.25, -0.2) is 0 Å². The summed E-state index contributed by atoms with van der Waals surface area (Å²) in [5.41, 5.74) is 0.189. The predicted molar refractivity (Wildman–Crippen MR) is 172 cm³/mol. The number of esters is 1. The lowest BCUT2D eigenvalue weighted by Gasteiger charge is -2.60. The molecule has 5 saturated carbocycles. The van der Waals surface area contributed by atoms with Crippen LogP contribution in [0.25, 0.3) is 0 Å². The number of nitrogens with zero attached hydrogens (tertiary/aromatic N) is 1. The number of hydrogen-bond donors (Lipinski definition) is 3. The first-order valence-electron chi connectivity index (χ1n) is 18.5. The molecule has 3 heterocycles. The second-order valence-electron chi connectivity index (χ2n) is 17.8. The van der Waals surface area contributed by atoms with E-state index >= 15 is 0 Å². The maximum atomic E-state index is 12.3. The minimum absolute atomic E-state index is 0.0820. The van der Waals surface area contributed by atoms with E-state index in [1.54, 1.807) is 13.8 Å². The van der Waals surface area contributed by atoms with Gasteiger partial charge < -0.3 is 34.3 Å². The molecule has 9 unspecified atom stereocenters. The second kappa shape index (κ2) is 11.6. The molecule has 0 aromatic heterocycles. The van der Waals surface area contributed by atoms with Crippen LogP contribution in [0.5, 0.6) is 0 Å². The van der Waals surface area contributed by atoms with Crippen molar-refractivity contribution in [3.05, 3.63) is 0 Å². The molecular formula is C37H61NO8. The van der Waals surface area contributed by atoms with Crippen molar-refractivity contribution in [1.29, 1.82) is 0 Å². The van der Waals surface area contributed by atoms with Crippen LogP contribution in [-0.2, 0) is 23.7 Å². The van der Waals surface area contributed by atoms with Gasteiger partial charge >= 0.3 is 5.97 Å². The van der Waals surface area contributed by atoms with Crippen LogP contribution in [0.15, 0.2) is 0 Å². The van der Waals surface area contributed by atoms with Gasteiger partial charge in [0.05, 0.1) is 43.7 Å². The summed E-state index contributed by atoms with van der Waals surface area (Å²) < 4.78 is 24.9. The Bertz CT molecular complexity index is 1160. The van der Waals surface area contributed by atoms with Crippen LogP contribution < -0.4 is 0 Å². The molecule has 13 atom stereocenters. The van der Waals surface area contributed by atoms with Crippen LogP contribution in [0.2, 0.25) is 0 Å². The minimum atomic E-state index is -1.14. The zero-order valence-electron chi connectivity index (χ0n) is 29.2. The first-order valence-corrected chi connectivity index (χ1v) is 18.5. The Morgan fingerprint density at radius 2 is 1.70 bits per heavy atom. The Morgan fingerprint density at radius 1 is 0.935 bits per heavy atom. The van der Waals surface area contributed by atoms with E-state index in [4.69, 9.17) is 24.1 Å². The zero-order chi connectivity index (χ0) is 32.9. The molecule has 0 amide bonds. The summed E-state index contributed by atoms with van der Waals surface area (Å²) >= 11 is 0. The van der Waals surface area contributed by atoms with Gasteiger partial charge in [-0.05, 0) is 123 Å². The lowest BCUT2D eigenvalue weighted by molar-refractivity contribution is -0.247. The van der Waals surface area contributed by atoms with Crippen LogP contribution in [0, 0.1) is 45.3 Å². The lowest BCUT2D eigenvalue weighted by atomic mass is 9.46. The molecule has 9 heteroatoms. The van der Waals surface area contributed by atoms with Crippen molar-refractivity contribution >= 4 is 5.97 Å². The highest BCUT2D eigenvalue weighted by molar-refractivity contribution is 5.77. The van der Waals surface area contributed by atoms with Gasteiger partial charge in [0.2, 0.25) is 0 Å². The average molecular weight is 648 g/mol. The van der Waals surface area contributed by atoms with Crippen LogP contribution >= 0.6 is 0 Å². The molecular weight excluding hydrogens is 586 g/mol. The van der Waals surface area contributed by atoms with Crippen LogP contribution in [0.4, 0.5) is 0 Å². The van der Waals surface area contributed by atoms with Crippen molar-refractivity contribution in [3.8, 4) is 0 Å². The number of aliphatic hydroxyl groups excluding tert-OH is 2. The van der Waals surface area contributed by atoms with Gasteiger partial charge in [0, 0.05) is 20.1 Å². The molecule has 8 fully saturated rings. The van der Waals surface area contributed by atoms with Gasteiger partial charge in [0.25, 0.3) is 0 Å². The number of hydrogen-bond acceptors (Lipinski definition) is 9. The summed E-state index contributed by atoms with van der Waals surface area (Å²) in [6.45, 7) is 13.5. The van der Waals surface area contributed by atoms with E-state index in [9.17, 15) is 15.0 Å². The van der Waals surface area contributed by atoms with Gasteiger partial charge in [-0.2, -0.15) is 0 Å². The molecule has 3 saturated heterocycles. The average Bonchev–Trinajstić information content (AvgIpc) is 3.32. The van der Waals surface area contributed by atoms with Crippen molar-refractivity contribution in [2.75, 3.05) is 33.4 Å². The third kappa shape index (κ3) is 4.91. The van der Waals surface area contributed by atoms with E-state index in [1.807, 2.05) is 0 Å². The van der Waals surface area contributed by atoms with Gasteiger partial charge in [-0.3, -0.25) is 9.69 Å². The molecule has 5 aliphatic carbocycles.